The first-order valence-electron chi connectivity index (χ1n) is 8.88. The van der Waals surface area contributed by atoms with Gasteiger partial charge in [-0.1, -0.05) is 0 Å². The zero-order valence-electron chi connectivity index (χ0n) is 15.8. The van der Waals surface area contributed by atoms with E-state index >= 15 is 0 Å². The molecule has 2 atom stereocenters. The van der Waals surface area contributed by atoms with Gasteiger partial charge in [0.15, 0.2) is 11.5 Å². The molecule has 0 spiro atoms. The number of hydrogen-bond acceptors (Lipinski definition) is 7. The first-order valence-corrected chi connectivity index (χ1v) is 9.69. The van der Waals surface area contributed by atoms with Crippen molar-refractivity contribution in [2.75, 3.05) is 26.0 Å². The van der Waals surface area contributed by atoms with Gasteiger partial charge in [-0.3, -0.25) is 0 Å². The Bertz CT molecular complexity index is 822. The van der Waals surface area contributed by atoms with Crippen LogP contribution in [0.3, 0.4) is 0 Å². The van der Waals surface area contributed by atoms with E-state index in [4.69, 9.17) is 0 Å². The Morgan fingerprint density at radius 3 is 2.71 bits per heavy atom. The molecule has 1 aliphatic rings. The van der Waals surface area contributed by atoms with Crippen molar-refractivity contribution in [1.82, 2.24) is 25.2 Å². The standard InChI is InChI=1S/C17H22F4N6S/c1-9-6-10(4-5-22-9)24-16-23-7-11(18)13(26-16)14-15(17(19,20)21)25-12(28-14)8-27(2)3/h7,9-10,22H,4-6,8H2,1-3H3,(H,23,24,26). The van der Waals surface area contributed by atoms with Crippen LogP contribution in [0.2, 0.25) is 0 Å². The molecule has 3 rings (SSSR count). The number of rotatable bonds is 5. The highest BCUT2D eigenvalue weighted by molar-refractivity contribution is 7.15. The second-order valence-electron chi connectivity index (χ2n) is 7.13. The van der Waals surface area contributed by atoms with Gasteiger partial charge in [-0.25, -0.2) is 19.3 Å². The van der Waals surface area contributed by atoms with E-state index in [1.54, 1.807) is 19.0 Å². The predicted octanol–water partition coefficient (Wildman–Crippen LogP) is 3.37. The summed E-state index contributed by atoms with van der Waals surface area (Å²) in [5.74, 6) is -0.791. The summed E-state index contributed by atoms with van der Waals surface area (Å²) in [6.07, 6.45) is -2.16. The Balaban J connectivity index is 1.95. The fourth-order valence-corrected chi connectivity index (χ4v) is 4.29. The summed E-state index contributed by atoms with van der Waals surface area (Å²) in [7, 11) is 3.45. The van der Waals surface area contributed by atoms with Crippen LogP contribution in [0.25, 0.3) is 10.6 Å². The van der Waals surface area contributed by atoms with Gasteiger partial charge in [0, 0.05) is 18.6 Å². The molecule has 1 fully saturated rings. The molecule has 2 aromatic rings. The van der Waals surface area contributed by atoms with Crippen molar-refractivity contribution in [3.63, 3.8) is 0 Å². The lowest BCUT2D eigenvalue weighted by molar-refractivity contribution is -0.140. The third-order valence-electron chi connectivity index (χ3n) is 4.31. The summed E-state index contributed by atoms with van der Waals surface area (Å²) in [5, 5.41) is 6.66. The molecule has 6 nitrogen and oxygen atoms in total. The molecule has 0 aliphatic carbocycles. The molecule has 2 unspecified atom stereocenters. The van der Waals surface area contributed by atoms with Gasteiger partial charge >= 0.3 is 6.18 Å². The van der Waals surface area contributed by atoms with Crippen molar-refractivity contribution < 1.29 is 17.6 Å². The van der Waals surface area contributed by atoms with Gasteiger partial charge in [-0.15, -0.1) is 11.3 Å². The van der Waals surface area contributed by atoms with E-state index in [1.165, 1.54) is 0 Å². The number of piperidine rings is 1. The topological polar surface area (TPSA) is 66.0 Å². The summed E-state index contributed by atoms with van der Waals surface area (Å²) >= 11 is 0.796. The minimum Gasteiger partial charge on any atom is -0.351 e. The Hall–Kier alpha value is -1.85. The second-order valence-corrected chi connectivity index (χ2v) is 8.22. The molecule has 1 saturated heterocycles. The summed E-state index contributed by atoms with van der Waals surface area (Å²) in [5.41, 5.74) is -1.50. The van der Waals surface area contributed by atoms with E-state index in [0.29, 0.717) is 6.04 Å². The van der Waals surface area contributed by atoms with Crippen molar-refractivity contribution in [1.29, 1.82) is 0 Å². The zero-order chi connectivity index (χ0) is 20.5. The molecular weight excluding hydrogens is 396 g/mol. The molecule has 0 amide bonds. The van der Waals surface area contributed by atoms with Gasteiger partial charge in [0.05, 0.1) is 11.1 Å². The molecule has 28 heavy (non-hydrogen) atoms. The van der Waals surface area contributed by atoms with Crippen LogP contribution in [0, 0.1) is 5.82 Å². The molecule has 11 heteroatoms. The fourth-order valence-electron chi connectivity index (χ4n) is 3.10. The molecule has 2 N–H and O–H groups in total. The maximum absolute atomic E-state index is 14.4. The second kappa shape index (κ2) is 8.26. The lowest BCUT2D eigenvalue weighted by atomic mass is 10.0. The van der Waals surface area contributed by atoms with Crippen molar-refractivity contribution in [2.24, 2.45) is 0 Å². The van der Waals surface area contributed by atoms with Crippen LogP contribution in [0.4, 0.5) is 23.5 Å². The SMILES string of the molecule is CC1CC(Nc2ncc(F)c(-c3sc(CN(C)C)nc3C(F)(F)F)n2)CCN1. The smallest absolute Gasteiger partial charge is 0.351 e. The van der Waals surface area contributed by atoms with Crippen LogP contribution in [-0.4, -0.2) is 52.6 Å². The largest absolute Gasteiger partial charge is 0.434 e. The predicted molar refractivity (Wildman–Crippen MR) is 99.6 cm³/mol. The van der Waals surface area contributed by atoms with E-state index in [0.717, 1.165) is 36.9 Å². The van der Waals surface area contributed by atoms with E-state index in [2.05, 4.69) is 25.6 Å². The van der Waals surface area contributed by atoms with Gasteiger partial charge in [0.1, 0.15) is 10.7 Å². The summed E-state index contributed by atoms with van der Waals surface area (Å²) in [4.78, 5) is 13.0. The third kappa shape index (κ3) is 4.95. The highest BCUT2D eigenvalue weighted by atomic mass is 32.1. The number of nitrogens with one attached hydrogen (secondary N) is 2. The number of hydrogen-bond donors (Lipinski definition) is 2. The molecular formula is C17H22F4N6S. The number of anilines is 1. The highest BCUT2D eigenvalue weighted by Gasteiger charge is 2.39. The lowest BCUT2D eigenvalue weighted by Crippen LogP contribution is -2.41. The number of halogens is 4. The summed E-state index contributed by atoms with van der Waals surface area (Å²) in [6.45, 7) is 3.08. The van der Waals surface area contributed by atoms with E-state index < -0.39 is 17.7 Å². The molecule has 1 aliphatic heterocycles. The van der Waals surface area contributed by atoms with Crippen LogP contribution < -0.4 is 10.6 Å². The normalized spacial score (nSPS) is 20.6. The number of thiazole rings is 1. The zero-order valence-corrected chi connectivity index (χ0v) is 16.6. The maximum Gasteiger partial charge on any atom is 0.434 e. The van der Waals surface area contributed by atoms with Gasteiger partial charge in [-0.2, -0.15) is 13.2 Å². The number of aromatic nitrogens is 3. The Morgan fingerprint density at radius 1 is 1.32 bits per heavy atom. The highest BCUT2D eigenvalue weighted by Crippen LogP contribution is 2.40. The Labute approximate surface area is 164 Å². The van der Waals surface area contributed by atoms with Gasteiger partial charge in [0.2, 0.25) is 5.95 Å². The minimum atomic E-state index is -4.70. The quantitative estimate of drug-likeness (QED) is 0.726. The maximum atomic E-state index is 14.4. The van der Waals surface area contributed by atoms with Gasteiger partial charge in [-0.05, 0) is 40.4 Å². The monoisotopic (exact) mass is 418 g/mol. The third-order valence-corrected chi connectivity index (χ3v) is 5.35. The van der Waals surface area contributed by atoms with Crippen molar-refractivity contribution in [3.05, 3.63) is 22.7 Å². The van der Waals surface area contributed by atoms with Crippen LogP contribution in [0.5, 0.6) is 0 Å². The van der Waals surface area contributed by atoms with E-state index in [9.17, 15) is 17.6 Å². The van der Waals surface area contributed by atoms with Crippen LogP contribution >= 0.6 is 11.3 Å². The lowest BCUT2D eigenvalue weighted by Gasteiger charge is -2.28. The minimum absolute atomic E-state index is 0.0717. The molecule has 0 bridgehead atoms. The molecule has 2 aromatic heterocycles. The Kier molecular flexibility index (Phi) is 6.15. The molecule has 3 heterocycles. The first-order chi connectivity index (χ1) is 13.1. The van der Waals surface area contributed by atoms with Crippen molar-refractivity contribution in [2.45, 2.75) is 44.6 Å². The van der Waals surface area contributed by atoms with Crippen LogP contribution in [0.1, 0.15) is 30.5 Å². The molecule has 0 radical (unpaired) electrons. The average molecular weight is 418 g/mol. The molecule has 0 aromatic carbocycles. The summed E-state index contributed by atoms with van der Waals surface area (Å²) < 4.78 is 54.8. The van der Waals surface area contributed by atoms with Crippen molar-refractivity contribution in [3.8, 4) is 10.6 Å². The average Bonchev–Trinajstić information content (AvgIpc) is 3.00. The number of nitrogens with zero attached hydrogens (tertiary/aromatic N) is 4. The Morgan fingerprint density at radius 2 is 2.07 bits per heavy atom. The first kappa shape index (κ1) is 20.9. The number of alkyl halides is 3. The van der Waals surface area contributed by atoms with Gasteiger partial charge < -0.3 is 15.5 Å². The van der Waals surface area contributed by atoms with Crippen LogP contribution in [-0.2, 0) is 12.7 Å². The summed E-state index contributed by atoms with van der Waals surface area (Å²) in [6, 6.07) is 0.375. The van der Waals surface area contributed by atoms with Crippen molar-refractivity contribution >= 4 is 17.3 Å². The molecule has 0 saturated carbocycles. The van der Waals surface area contributed by atoms with E-state index in [1.807, 2.05) is 6.92 Å². The van der Waals surface area contributed by atoms with Gasteiger partial charge in [0.25, 0.3) is 0 Å². The van der Waals surface area contributed by atoms with Crippen LogP contribution in [0.15, 0.2) is 6.20 Å². The fraction of sp³-hybridized carbons (Fsp3) is 0.588. The molecule has 154 valence electrons. The van der Waals surface area contributed by atoms with E-state index in [-0.39, 0.29) is 34.1 Å².